The lowest BCUT2D eigenvalue weighted by atomic mass is 10.1. The Bertz CT molecular complexity index is 277. The Morgan fingerprint density at radius 2 is 2.27 bits per heavy atom. The normalized spacial score (nSPS) is 27.5. The van der Waals surface area contributed by atoms with Crippen molar-refractivity contribution in [2.75, 3.05) is 23.0 Å². The zero-order chi connectivity index (χ0) is 11.3. The van der Waals surface area contributed by atoms with E-state index in [1.165, 1.54) is 0 Å². The number of hydrogen-bond acceptors (Lipinski definition) is 4. The minimum Gasteiger partial charge on any atom is -0.310 e. The second-order valence-corrected chi connectivity index (χ2v) is 7.73. The van der Waals surface area contributed by atoms with Crippen LogP contribution in [0, 0.1) is 0 Å². The molecule has 0 bridgehead atoms. The van der Waals surface area contributed by atoms with Gasteiger partial charge in [-0.25, -0.2) is 8.42 Å². The fourth-order valence-electron chi connectivity index (χ4n) is 1.90. The van der Waals surface area contributed by atoms with Gasteiger partial charge in [0.05, 0.1) is 11.5 Å². The monoisotopic (exact) mass is 251 g/mol. The Labute approximate surface area is 97.3 Å². The molecule has 1 aliphatic rings. The highest BCUT2D eigenvalue weighted by Crippen LogP contribution is 2.13. The maximum atomic E-state index is 11.4. The first kappa shape index (κ1) is 13.3. The summed E-state index contributed by atoms with van der Waals surface area (Å²) < 4.78 is 22.8. The van der Waals surface area contributed by atoms with E-state index in [1.54, 1.807) is 0 Å². The summed E-state index contributed by atoms with van der Waals surface area (Å²) in [6, 6.07) is 0.587. The van der Waals surface area contributed by atoms with E-state index >= 15 is 0 Å². The van der Waals surface area contributed by atoms with Gasteiger partial charge in [0, 0.05) is 17.8 Å². The second-order valence-electron chi connectivity index (χ2n) is 4.18. The molecule has 1 N–H and O–H groups in total. The molecule has 0 aromatic rings. The minimum absolute atomic E-state index is 0.177. The van der Waals surface area contributed by atoms with Crippen molar-refractivity contribution >= 4 is 21.6 Å². The lowest BCUT2D eigenvalue weighted by Crippen LogP contribution is -2.45. The molecule has 1 aliphatic heterocycles. The van der Waals surface area contributed by atoms with Crippen LogP contribution in [0.2, 0.25) is 0 Å². The Kier molecular flexibility index (Phi) is 5.43. The average Bonchev–Trinajstić information content (AvgIpc) is 2.13. The molecule has 5 heteroatoms. The van der Waals surface area contributed by atoms with Crippen LogP contribution in [0.4, 0.5) is 0 Å². The van der Waals surface area contributed by atoms with Crippen molar-refractivity contribution < 1.29 is 8.42 Å². The zero-order valence-electron chi connectivity index (χ0n) is 9.53. The number of rotatable bonds is 5. The van der Waals surface area contributed by atoms with Gasteiger partial charge < -0.3 is 5.32 Å². The molecule has 1 heterocycles. The van der Waals surface area contributed by atoms with Crippen molar-refractivity contribution in [1.82, 2.24) is 5.32 Å². The third kappa shape index (κ3) is 5.22. The zero-order valence-corrected chi connectivity index (χ0v) is 11.2. The Morgan fingerprint density at radius 1 is 1.53 bits per heavy atom. The number of nitrogens with one attached hydrogen (secondary N) is 1. The molecular weight excluding hydrogens is 230 g/mol. The average molecular weight is 251 g/mol. The first-order chi connectivity index (χ1) is 7.03. The molecule has 15 heavy (non-hydrogen) atoms. The van der Waals surface area contributed by atoms with Crippen LogP contribution in [-0.2, 0) is 9.84 Å². The molecular formula is C10H21NO2S2. The van der Waals surface area contributed by atoms with Crippen LogP contribution in [0.1, 0.15) is 26.7 Å². The molecule has 0 amide bonds. The highest BCUT2D eigenvalue weighted by molar-refractivity contribution is 7.99. The van der Waals surface area contributed by atoms with Crippen LogP contribution in [-0.4, -0.2) is 43.5 Å². The topological polar surface area (TPSA) is 46.2 Å². The van der Waals surface area contributed by atoms with Crippen LogP contribution in [0.5, 0.6) is 0 Å². The lowest BCUT2D eigenvalue weighted by molar-refractivity contribution is 0.448. The lowest BCUT2D eigenvalue weighted by Gasteiger charge is -2.26. The van der Waals surface area contributed by atoms with Crippen LogP contribution in [0.3, 0.4) is 0 Å². The number of thioether (sulfide) groups is 1. The van der Waals surface area contributed by atoms with Gasteiger partial charge in [0.2, 0.25) is 0 Å². The third-order valence-corrected chi connectivity index (χ3v) is 5.52. The summed E-state index contributed by atoms with van der Waals surface area (Å²) in [6.07, 6.45) is 1.81. The van der Waals surface area contributed by atoms with Gasteiger partial charge in [0.15, 0.2) is 9.84 Å². The molecule has 90 valence electrons. The van der Waals surface area contributed by atoms with Crippen molar-refractivity contribution in [2.45, 2.75) is 38.8 Å². The quantitative estimate of drug-likeness (QED) is 0.800. The molecule has 1 saturated heterocycles. The fourth-order valence-corrected chi connectivity index (χ4v) is 4.23. The van der Waals surface area contributed by atoms with Gasteiger partial charge in [-0.05, 0) is 25.5 Å². The van der Waals surface area contributed by atoms with Crippen molar-refractivity contribution in [1.29, 1.82) is 0 Å². The standard InChI is InChI=1S/C10H21NO2S2/c1-3-14-7-9(2)11-10-5-4-6-15(12,13)8-10/h9-11H,3-8H2,1-2H3. The number of sulfone groups is 1. The van der Waals surface area contributed by atoms with Crippen LogP contribution in [0.15, 0.2) is 0 Å². The maximum absolute atomic E-state index is 11.4. The molecule has 0 aliphatic carbocycles. The Hall–Kier alpha value is 0.260. The molecule has 0 spiro atoms. The van der Waals surface area contributed by atoms with Crippen LogP contribution in [0.25, 0.3) is 0 Å². The summed E-state index contributed by atoms with van der Waals surface area (Å²) in [5.74, 6) is 2.89. The van der Waals surface area contributed by atoms with E-state index in [0.29, 0.717) is 17.5 Å². The highest BCUT2D eigenvalue weighted by Gasteiger charge is 2.25. The first-order valence-electron chi connectivity index (χ1n) is 5.57. The minimum atomic E-state index is -2.77. The van der Waals surface area contributed by atoms with E-state index < -0.39 is 9.84 Å². The summed E-state index contributed by atoms with van der Waals surface area (Å²) in [4.78, 5) is 0. The van der Waals surface area contributed by atoms with Gasteiger partial charge in [-0.3, -0.25) is 0 Å². The highest BCUT2D eigenvalue weighted by atomic mass is 32.2. The molecule has 0 saturated carbocycles. The van der Waals surface area contributed by atoms with E-state index in [1.807, 2.05) is 11.8 Å². The maximum Gasteiger partial charge on any atom is 0.151 e. The molecule has 3 nitrogen and oxygen atoms in total. The van der Waals surface area contributed by atoms with Gasteiger partial charge in [-0.2, -0.15) is 11.8 Å². The fraction of sp³-hybridized carbons (Fsp3) is 1.00. The van der Waals surface area contributed by atoms with Crippen molar-refractivity contribution in [2.24, 2.45) is 0 Å². The number of hydrogen-bond donors (Lipinski definition) is 1. The summed E-state index contributed by atoms with van der Waals surface area (Å²) in [7, 11) is -2.77. The smallest absolute Gasteiger partial charge is 0.151 e. The molecule has 2 unspecified atom stereocenters. The van der Waals surface area contributed by atoms with Gasteiger partial charge in [0.25, 0.3) is 0 Å². The molecule has 0 radical (unpaired) electrons. The van der Waals surface area contributed by atoms with Crippen molar-refractivity contribution in [3.8, 4) is 0 Å². The van der Waals surface area contributed by atoms with Gasteiger partial charge in [-0.1, -0.05) is 6.92 Å². The molecule has 1 rings (SSSR count). The Morgan fingerprint density at radius 3 is 2.87 bits per heavy atom. The molecule has 0 aromatic carbocycles. The predicted octanol–water partition coefficient (Wildman–Crippen LogP) is 1.29. The predicted molar refractivity (Wildman–Crippen MR) is 67.3 cm³/mol. The van der Waals surface area contributed by atoms with E-state index in [-0.39, 0.29) is 6.04 Å². The summed E-state index contributed by atoms with van der Waals surface area (Å²) >= 11 is 1.89. The van der Waals surface area contributed by atoms with Crippen LogP contribution >= 0.6 is 11.8 Å². The summed E-state index contributed by atoms with van der Waals surface area (Å²) in [5, 5.41) is 3.41. The van der Waals surface area contributed by atoms with Gasteiger partial charge in [0.1, 0.15) is 0 Å². The van der Waals surface area contributed by atoms with Crippen LogP contribution < -0.4 is 5.32 Å². The molecule has 2 atom stereocenters. The van der Waals surface area contributed by atoms with E-state index in [4.69, 9.17) is 0 Å². The summed E-state index contributed by atoms with van der Waals surface area (Å²) in [5.41, 5.74) is 0. The molecule has 1 fully saturated rings. The molecule has 0 aromatic heterocycles. The third-order valence-electron chi connectivity index (χ3n) is 2.56. The van der Waals surface area contributed by atoms with Gasteiger partial charge in [-0.15, -0.1) is 0 Å². The van der Waals surface area contributed by atoms with Crippen molar-refractivity contribution in [3.05, 3.63) is 0 Å². The summed E-state index contributed by atoms with van der Waals surface area (Å²) in [6.45, 7) is 4.27. The van der Waals surface area contributed by atoms with Gasteiger partial charge >= 0.3 is 0 Å². The Balaban J connectivity index is 2.31. The largest absolute Gasteiger partial charge is 0.310 e. The first-order valence-corrected chi connectivity index (χ1v) is 8.55. The van der Waals surface area contributed by atoms with E-state index in [9.17, 15) is 8.42 Å². The van der Waals surface area contributed by atoms with E-state index in [0.717, 1.165) is 24.3 Å². The van der Waals surface area contributed by atoms with Crippen molar-refractivity contribution in [3.63, 3.8) is 0 Å². The van der Waals surface area contributed by atoms with E-state index in [2.05, 4.69) is 19.2 Å². The second kappa shape index (κ2) is 6.11. The SMILES string of the molecule is CCSCC(C)NC1CCCS(=O)(=O)C1.